The van der Waals surface area contributed by atoms with Gasteiger partial charge in [-0.05, 0) is 36.5 Å². The van der Waals surface area contributed by atoms with Gasteiger partial charge in [0.05, 0.1) is 11.4 Å². The van der Waals surface area contributed by atoms with Gasteiger partial charge in [-0.2, -0.15) is 10.2 Å². The number of rotatable bonds is 6. The minimum atomic E-state index is 0. The second-order valence-electron chi connectivity index (χ2n) is 5.76. The Kier molecular flexibility index (Phi) is 17.6. The predicted molar refractivity (Wildman–Crippen MR) is 145 cm³/mol. The zero-order chi connectivity index (χ0) is 22.2. The summed E-state index contributed by atoms with van der Waals surface area (Å²) in [6, 6.07) is 20.2. The van der Waals surface area contributed by atoms with Gasteiger partial charge in [-0.1, -0.05) is 122 Å². The Bertz CT molecular complexity index is 772. The molecule has 0 aliphatic carbocycles. The van der Waals surface area contributed by atoms with Crippen LogP contribution in [0.15, 0.2) is 70.9 Å². The molecule has 0 aromatic heterocycles. The van der Waals surface area contributed by atoms with Crippen molar-refractivity contribution in [2.45, 2.75) is 26.7 Å². The minimum absolute atomic E-state index is 0. The Labute approximate surface area is 216 Å². The monoisotopic (exact) mass is 539 g/mol. The van der Waals surface area contributed by atoms with Crippen molar-refractivity contribution in [3.05, 3.63) is 71.8 Å². The van der Waals surface area contributed by atoms with Crippen LogP contribution in [0.5, 0.6) is 0 Å². The van der Waals surface area contributed by atoms with Gasteiger partial charge in [0.1, 0.15) is 0 Å². The summed E-state index contributed by atoms with van der Waals surface area (Å²) >= 11 is 13.0. The Morgan fingerprint density at radius 3 is 1.29 bits per heavy atom. The third-order valence-corrected chi connectivity index (χ3v) is 5.93. The summed E-state index contributed by atoms with van der Waals surface area (Å²) in [5, 5.41) is 8.58. The molecule has 2 aromatic carbocycles. The third-order valence-electron chi connectivity index (χ3n) is 3.82. The van der Waals surface area contributed by atoms with E-state index in [-0.39, 0.29) is 17.1 Å². The van der Waals surface area contributed by atoms with E-state index in [0.29, 0.717) is 8.64 Å². The first-order chi connectivity index (χ1) is 14.5. The molecule has 31 heavy (non-hydrogen) atoms. The van der Waals surface area contributed by atoms with Crippen molar-refractivity contribution >= 4 is 68.0 Å². The second-order valence-corrected chi connectivity index (χ2v) is 8.73. The SMILES string of the molecule is CCC(=NNC(=S)SC)c1ccccc1.CCC(=NNC(=S)SC)c1ccccc1.[Cu]. The Morgan fingerprint density at radius 1 is 0.710 bits per heavy atom. The quantitative estimate of drug-likeness (QED) is 0.201. The predicted octanol–water partition coefficient (Wildman–Crippen LogP) is 6.07. The average molecular weight is 540 g/mol. The Hall–Kier alpha value is -1.22. The number of nitrogens with one attached hydrogen (secondary N) is 2. The van der Waals surface area contributed by atoms with Crippen LogP contribution in [0.3, 0.4) is 0 Å². The molecule has 171 valence electrons. The number of nitrogens with zero attached hydrogens (tertiary/aromatic N) is 2. The fourth-order valence-electron chi connectivity index (χ4n) is 2.27. The van der Waals surface area contributed by atoms with Crippen molar-refractivity contribution in [3.63, 3.8) is 0 Å². The standard InChI is InChI=1S/2C11H14N2S2.Cu/c2*1-3-10(12-13-11(14)15-2)9-7-5-4-6-8-9;/h2*4-8H,3H2,1-2H3,(H,13,14);. The van der Waals surface area contributed by atoms with Crippen LogP contribution in [0.4, 0.5) is 0 Å². The minimum Gasteiger partial charge on any atom is -0.262 e. The van der Waals surface area contributed by atoms with Crippen LogP contribution in [0.1, 0.15) is 37.8 Å². The Balaban J connectivity index is 0.000000562. The van der Waals surface area contributed by atoms with Gasteiger partial charge >= 0.3 is 0 Å². The van der Waals surface area contributed by atoms with Crippen molar-refractivity contribution in [2.24, 2.45) is 10.2 Å². The molecule has 0 unspecified atom stereocenters. The summed E-state index contributed by atoms with van der Waals surface area (Å²) in [7, 11) is 0. The summed E-state index contributed by atoms with van der Waals surface area (Å²) in [5.74, 6) is 0. The van der Waals surface area contributed by atoms with E-state index in [4.69, 9.17) is 24.4 Å². The average Bonchev–Trinajstić information content (AvgIpc) is 2.81. The maximum atomic E-state index is 5.02. The number of hydrogen-bond acceptors (Lipinski definition) is 6. The molecule has 0 heterocycles. The summed E-state index contributed by atoms with van der Waals surface area (Å²) < 4.78 is 1.38. The number of benzene rings is 2. The number of hydrazone groups is 2. The van der Waals surface area contributed by atoms with Gasteiger partial charge in [0.2, 0.25) is 0 Å². The molecule has 4 nitrogen and oxygen atoms in total. The van der Waals surface area contributed by atoms with Crippen molar-refractivity contribution in [1.29, 1.82) is 0 Å². The zero-order valence-electron chi connectivity index (χ0n) is 18.0. The smallest absolute Gasteiger partial charge is 0.153 e. The second kappa shape index (κ2) is 18.4. The number of hydrogen-bond donors (Lipinski definition) is 2. The first-order valence-corrected chi connectivity index (χ1v) is 12.7. The van der Waals surface area contributed by atoms with Crippen LogP contribution in [-0.4, -0.2) is 32.6 Å². The molecule has 2 N–H and O–H groups in total. The Morgan fingerprint density at radius 2 is 1.03 bits per heavy atom. The number of thiocarbonyl (C=S) groups is 2. The molecule has 0 aliphatic rings. The van der Waals surface area contributed by atoms with Crippen LogP contribution in [0.25, 0.3) is 0 Å². The van der Waals surface area contributed by atoms with Crippen molar-refractivity contribution in [2.75, 3.05) is 12.5 Å². The molecule has 2 aromatic rings. The normalized spacial score (nSPS) is 10.8. The van der Waals surface area contributed by atoms with E-state index >= 15 is 0 Å². The van der Waals surface area contributed by atoms with E-state index in [9.17, 15) is 0 Å². The molecule has 2 rings (SSSR count). The molecular formula is C22H28CuN4S4. The van der Waals surface area contributed by atoms with Crippen molar-refractivity contribution in [1.82, 2.24) is 10.9 Å². The molecule has 0 bridgehead atoms. The van der Waals surface area contributed by atoms with Gasteiger partial charge in [-0.15, -0.1) is 0 Å². The fourth-order valence-corrected chi connectivity index (χ4v) is 2.64. The largest absolute Gasteiger partial charge is 0.262 e. The topological polar surface area (TPSA) is 48.8 Å². The van der Waals surface area contributed by atoms with Crippen molar-refractivity contribution in [3.8, 4) is 0 Å². The summed E-state index contributed by atoms with van der Waals surface area (Å²) in [6.45, 7) is 4.16. The first-order valence-electron chi connectivity index (χ1n) is 9.47. The summed E-state index contributed by atoms with van der Waals surface area (Å²) in [4.78, 5) is 0. The first kappa shape index (κ1) is 29.8. The van der Waals surface area contributed by atoms with E-state index in [1.165, 1.54) is 23.5 Å². The maximum absolute atomic E-state index is 5.02. The van der Waals surface area contributed by atoms with E-state index in [1.807, 2.05) is 73.2 Å². The van der Waals surface area contributed by atoms with Crippen LogP contribution in [-0.2, 0) is 17.1 Å². The number of thioether (sulfide) groups is 2. The van der Waals surface area contributed by atoms with Crippen LogP contribution < -0.4 is 10.9 Å². The summed E-state index contributed by atoms with van der Waals surface area (Å²) in [6.07, 6.45) is 5.62. The molecule has 9 heteroatoms. The van der Waals surface area contributed by atoms with Crippen molar-refractivity contribution < 1.29 is 17.1 Å². The van der Waals surface area contributed by atoms with Crippen LogP contribution in [0, 0.1) is 0 Å². The van der Waals surface area contributed by atoms with E-state index in [1.54, 1.807) is 0 Å². The van der Waals surface area contributed by atoms with Gasteiger partial charge in [0.25, 0.3) is 0 Å². The zero-order valence-corrected chi connectivity index (χ0v) is 22.2. The molecule has 0 fully saturated rings. The molecule has 0 atom stereocenters. The maximum Gasteiger partial charge on any atom is 0.153 e. The van der Waals surface area contributed by atoms with Crippen LogP contribution >= 0.6 is 48.0 Å². The molecule has 0 amide bonds. The van der Waals surface area contributed by atoms with Gasteiger partial charge < -0.3 is 0 Å². The van der Waals surface area contributed by atoms with Gasteiger partial charge in [0.15, 0.2) is 8.64 Å². The molecular weight excluding hydrogens is 512 g/mol. The molecule has 1 radical (unpaired) electrons. The summed E-state index contributed by atoms with van der Waals surface area (Å²) in [5.41, 5.74) is 10.0. The van der Waals surface area contributed by atoms with E-state index < -0.39 is 0 Å². The fraction of sp³-hybridized carbons (Fsp3) is 0.273. The van der Waals surface area contributed by atoms with E-state index in [2.05, 4.69) is 34.9 Å². The van der Waals surface area contributed by atoms with Crippen LogP contribution in [0.2, 0.25) is 0 Å². The van der Waals surface area contributed by atoms with Gasteiger partial charge in [-0.3, -0.25) is 10.9 Å². The molecule has 0 spiro atoms. The third kappa shape index (κ3) is 12.4. The van der Waals surface area contributed by atoms with E-state index in [0.717, 1.165) is 35.4 Å². The van der Waals surface area contributed by atoms with Gasteiger partial charge in [0, 0.05) is 17.1 Å². The van der Waals surface area contributed by atoms with Gasteiger partial charge in [-0.25, -0.2) is 0 Å². The molecule has 0 saturated heterocycles. The molecule has 0 saturated carbocycles. The molecule has 0 aliphatic heterocycles.